The number of hydrazone groups is 1. The first-order chi connectivity index (χ1) is 12.8. The van der Waals surface area contributed by atoms with Crippen LogP contribution in [-0.2, 0) is 7.05 Å². The molecule has 2 aromatic heterocycles. The van der Waals surface area contributed by atoms with Gasteiger partial charge >= 0.3 is 5.69 Å². The predicted molar refractivity (Wildman–Crippen MR) is 100 cm³/mol. The lowest BCUT2D eigenvalue weighted by Crippen LogP contribution is -2.29. The molecule has 0 atom stereocenters. The molecule has 3 aromatic rings. The van der Waals surface area contributed by atoms with Crippen molar-refractivity contribution in [3.05, 3.63) is 60.8 Å². The van der Waals surface area contributed by atoms with E-state index in [0.717, 1.165) is 0 Å². The zero-order valence-electron chi connectivity index (χ0n) is 14.8. The number of hydrogen-bond donors (Lipinski definition) is 2. The van der Waals surface area contributed by atoms with E-state index in [4.69, 9.17) is 0 Å². The summed E-state index contributed by atoms with van der Waals surface area (Å²) >= 11 is 0. The molecule has 11 nitrogen and oxygen atoms in total. The number of fused-ring (bicyclic) bond motifs is 1. The molecular weight excluding hydrogens is 354 g/mol. The Bertz CT molecular complexity index is 1150. The van der Waals surface area contributed by atoms with Crippen molar-refractivity contribution in [2.45, 2.75) is 19.9 Å². The standard InChI is InChI=1S/C16H17N7O4/c1-9(2)22-12-13(21(3)16(25)19-14(12)24)18-15(22)20-17-8-10-4-6-11(7-5-10)23(26)27/h4-9H,1-3H3,(H,18,20)(H,19,24,25). The molecule has 11 heteroatoms. The Labute approximate surface area is 152 Å². The van der Waals surface area contributed by atoms with Gasteiger partial charge in [-0.3, -0.25) is 24.5 Å². The average molecular weight is 371 g/mol. The van der Waals surface area contributed by atoms with Crippen molar-refractivity contribution in [1.82, 2.24) is 19.1 Å². The van der Waals surface area contributed by atoms with Gasteiger partial charge in [-0.2, -0.15) is 10.1 Å². The highest BCUT2D eigenvalue weighted by molar-refractivity contribution is 5.81. The summed E-state index contributed by atoms with van der Waals surface area (Å²) in [6.45, 7) is 3.74. The quantitative estimate of drug-likeness (QED) is 0.394. The number of aromatic amines is 1. The largest absolute Gasteiger partial charge is 0.329 e. The number of non-ortho nitro benzene ring substituents is 1. The molecule has 2 N–H and O–H groups in total. The molecule has 0 radical (unpaired) electrons. The number of anilines is 1. The van der Waals surface area contributed by atoms with Gasteiger partial charge in [0.2, 0.25) is 5.95 Å². The molecule has 2 heterocycles. The number of H-pyrrole nitrogens is 1. The van der Waals surface area contributed by atoms with E-state index < -0.39 is 16.2 Å². The number of benzene rings is 1. The molecular formula is C16H17N7O4. The number of nitro benzene ring substituents is 1. The Morgan fingerprint density at radius 3 is 2.56 bits per heavy atom. The number of aryl methyl sites for hydroxylation is 1. The van der Waals surface area contributed by atoms with Gasteiger partial charge in [-0.15, -0.1) is 0 Å². The number of aromatic nitrogens is 4. The second kappa shape index (κ2) is 6.86. The van der Waals surface area contributed by atoms with E-state index in [-0.39, 0.29) is 22.9 Å². The SMILES string of the molecule is CC(C)n1c(NN=Cc2ccc([N+](=O)[O-])cc2)nc2c1c(=O)[nH]c(=O)n2C. The summed E-state index contributed by atoms with van der Waals surface area (Å²) < 4.78 is 2.89. The van der Waals surface area contributed by atoms with Crippen LogP contribution in [0.2, 0.25) is 0 Å². The Hall–Kier alpha value is -3.76. The molecule has 0 aliphatic carbocycles. The molecule has 1 aromatic carbocycles. The van der Waals surface area contributed by atoms with Crippen LogP contribution in [0, 0.1) is 10.1 Å². The van der Waals surface area contributed by atoms with Crippen LogP contribution in [0.15, 0.2) is 39.0 Å². The van der Waals surface area contributed by atoms with Crippen LogP contribution in [0.4, 0.5) is 11.6 Å². The third-order valence-electron chi connectivity index (χ3n) is 3.95. The highest BCUT2D eigenvalue weighted by atomic mass is 16.6. The minimum Gasteiger partial charge on any atom is -0.300 e. The zero-order valence-corrected chi connectivity index (χ0v) is 14.8. The fraction of sp³-hybridized carbons (Fsp3) is 0.250. The maximum Gasteiger partial charge on any atom is 0.329 e. The van der Waals surface area contributed by atoms with Crippen molar-refractivity contribution < 1.29 is 4.92 Å². The van der Waals surface area contributed by atoms with Gasteiger partial charge in [-0.05, 0) is 31.5 Å². The lowest BCUT2D eigenvalue weighted by atomic mass is 10.2. The first kappa shape index (κ1) is 18.0. The van der Waals surface area contributed by atoms with Crippen LogP contribution in [0.3, 0.4) is 0 Å². The first-order valence-corrected chi connectivity index (χ1v) is 8.04. The number of rotatable bonds is 5. The highest BCUT2D eigenvalue weighted by Crippen LogP contribution is 2.20. The minimum atomic E-state index is -0.554. The first-order valence-electron chi connectivity index (χ1n) is 8.04. The van der Waals surface area contributed by atoms with Crippen molar-refractivity contribution >= 4 is 29.0 Å². The Balaban J connectivity index is 1.97. The van der Waals surface area contributed by atoms with Gasteiger partial charge in [0.25, 0.3) is 11.2 Å². The van der Waals surface area contributed by atoms with Crippen LogP contribution in [0.5, 0.6) is 0 Å². The van der Waals surface area contributed by atoms with E-state index in [1.54, 1.807) is 16.7 Å². The lowest BCUT2D eigenvalue weighted by Gasteiger charge is -2.11. The molecule has 0 saturated heterocycles. The van der Waals surface area contributed by atoms with E-state index in [2.05, 4.69) is 20.5 Å². The van der Waals surface area contributed by atoms with Gasteiger partial charge in [0, 0.05) is 25.2 Å². The molecule has 0 amide bonds. The van der Waals surface area contributed by atoms with E-state index in [0.29, 0.717) is 11.5 Å². The summed E-state index contributed by atoms with van der Waals surface area (Å²) in [7, 11) is 1.52. The Kier molecular flexibility index (Phi) is 4.59. The molecule has 0 bridgehead atoms. The van der Waals surface area contributed by atoms with Gasteiger partial charge in [0.15, 0.2) is 11.2 Å². The van der Waals surface area contributed by atoms with Crippen molar-refractivity contribution in [2.75, 3.05) is 5.43 Å². The normalized spacial score (nSPS) is 11.6. The number of nitrogens with zero attached hydrogens (tertiary/aromatic N) is 5. The zero-order chi connectivity index (χ0) is 19.7. The highest BCUT2D eigenvalue weighted by Gasteiger charge is 2.18. The summed E-state index contributed by atoms with van der Waals surface area (Å²) in [5, 5.41) is 14.8. The van der Waals surface area contributed by atoms with E-state index >= 15 is 0 Å². The van der Waals surface area contributed by atoms with Crippen molar-refractivity contribution in [1.29, 1.82) is 0 Å². The average Bonchev–Trinajstić information content (AvgIpc) is 3.00. The molecule has 0 aliphatic rings. The lowest BCUT2D eigenvalue weighted by molar-refractivity contribution is -0.384. The smallest absolute Gasteiger partial charge is 0.300 e. The van der Waals surface area contributed by atoms with E-state index in [1.165, 1.54) is 30.0 Å². The number of hydrogen-bond acceptors (Lipinski definition) is 7. The second-order valence-electron chi connectivity index (χ2n) is 6.11. The summed E-state index contributed by atoms with van der Waals surface area (Å²) in [5.74, 6) is 0.296. The second-order valence-corrected chi connectivity index (χ2v) is 6.11. The van der Waals surface area contributed by atoms with Crippen LogP contribution in [0.25, 0.3) is 11.2 Å². The summed E-state index contributed by atoms with van der Waals surface area (Å²) in [6.07, 6.45) is 1.47. The van der Waals surface area contributed by atoms with Gasteiger partial charge in [-0.1, -0.05) is 0 Å². The van der Waals surface area contributed by atoms with Crippen LogP contribution >= 0.6 is 0 Å². The monoisotopic (exact) mass is 371 g/mol. The number of imidazole rings is 1. The van der Waals surface area contributed by atoms with Crippen LogP contribution in [-0.4, -0.2) is 30.2 Å². The summed E-state index contributed by atoms with van der Waals surface area (Å²) in [4.78, 5) is 40.8. The molecule has 0 saturated carbocycles. The van der Waals surface area contributed by atoms with Crippen LogP contribution < -0.4 is 16.7 Å². The predicted octanol–water partition coefficient (Wildman–Crippen LogP) is 1.36. The molecule has 0 spiro atoms. The van der Waals surface area contributed by atoms with Gasteiger partial charge in [0.1, 0.15) is 0 Å². The van der Waals surface area contributed by atoms with E-state index in [1.807, 2.05) is 13.8 Å². The summed E-state index contributed by atoms with van der Waals surface area (Å²) in [6, 6.07) is 5.75. The molecule has 0 unspecified atom stereocenters. The van der Waals surface area contributed by atoms with Gasteiger partial charge < -0.3 is 4.57 Å². The minimum absolute atomic E-state index is 0.0122. The third-order valence-corrected chi connectivity index (χ3v) is 3.95. The summed E-state index contributed by atoms with van der Waals surface area (Å²) in [5.41, 5.74) is 2.82. The third kappa shape index (κ3) is 3.34. The topological polar surface area (TPSA) is 140 Å². The molecule has 27 heavy (non-hydrogen) atoms. The maximum atomic E-state index is 12.2. The number of nitro groups is 1. The van der Waals surface area contributed by atoms with Gasteiger partial charge in [0.05, 0.1) is 11.1 Å². The molecule has 3 rings (SSSR count). The van der Waals surface area contributed by atoms with Crippen molar-refractivity contribution in [2.24, 2.45) is 12.1 Å². The number of nitrogens with one attached hydrogen (secondary N) is 2. The molecule has 0 aliphatic heterocycles. The molecule has 140 valence electrons. The fourth-order valence-corrected chi connectivity index (χ4v) is 2.63. The fourth-order valence-electron chi connectivity index (χ4n) is 2.63. The van der Waals surface area contributed by atoms with Crippen molar-refractivity contribution in [3.63, 3.8) is 0 Å². The molecule has 0 fully saturated rings. The van der Waals surface area contributed by atoms with Crippen LogP contribution in [0.1, 0.15) is 25.5 Å². The maximum absolute atomic E-state index is 12.2. The van der Waals surface area contributed by atoms with E-state index in [9.17, 15) is 19.7 Å². The Morgan fingerprint density at radius 2 is 1.96 bits per heavy atom. The van der Waals surface area contributed by atoms with Gasteiger partial charge in [-0.25, -0.2) is 10.2 Å². The Morgan fingerprint density at radius 1 is 1.30 bits per heavy atom. The van der Waals surface area contributed by atoms with Crippen molar-refractivity contribution in [3.8, 4) is 0 Å².